The molecule has 0 aliphatic rings. The highest BCUT2D eigenvalue weighted by atomic mass is 32.2. The summed E-state index contributed by atoms with van der Waals surface area (Å²) >= 11 is 0. The van der Waals surface area contributed by atoms with Gasteiger partial charge in [0.15, 0.2) is 11.5 Å². The average Bonchev–Trinajstić information content (AvgIpc) is 2.79. The number of carbonyl (C=O) groups excluding carboxylic acids is 1. The van der Waals surface area contributed by atoms with Crippen LogP contribution in [-0.4, -0.2) is 45.6 Å². The van der Waals surface area contributed by atoms with Crippen LogP contribution >= 0.6 is 0 Å². The van der Waals surface area contributed by atoms with E-state index < -0.39 is 10.0 Å². The van der Waals surface area contributed by atoms with Gasteiger partial charge in [-0.25, -0.2) is 23.1 Å². The number of amides is 1. The van der Waals surface area contributed by atoms with Crippen molar-refractivity contribution in [1.29, 1.82) is 0 Å². The van der Waals surface area contributed by atoms with Crippen molar-refractivity contribution in [3.05, 3.63) is 60.4 Å². The van der Waals surface area contributed by atoms with Crippen LogP contribution in [0.1, 0.15) is 5.56 Å². The second-order valence-corrected chi connectivity index (χ2v) is 8.10. The van der Waals surface area contributed by atoms with Gasteiger partial charge >= 0.3 is 0 Å². The molecule has 2 aromatic carbocycles. The molecule has 0 unspecified atom stereocenters. The number of hydrogen-bond donors (Lipinski definition) is 2. The quantitative estimate of drug-likeness (QED) is 0.500. The van der Waals surface area contributed by atoms with Crippen molar-refractivity contribution in [2.24, 2.45) is 0 Å². The number of sulfonamides is 1. The van der Waals surface area contributed by atoms with Crippen molar-refractivity contribution >= 4 is 27.6 Å². The van der Waals surface area contributed by atoms with Crippen LogP contribution in [0.4, 0.5) is 11.6 Å². The number of aromatic nitrogens is 2. The standard InChI is InChI=1S/C21H22N4O6S/c1-29-17-10-5-14(19(30-2)20(17)31-3)13-18(26)24-15-6-8-16(9-7-15)32(27,28)25-21-22-11-4-12-23-21/h4-12H,13H2,1-3H3,(H,24,26)(H,22,23,25). The smallest absolute Gasteiger partial charge is 0.264 e. The fourth-order valence-electron chi connectivity index (χ4n) is 2.93. The number of nitrogens with one attached hydrogen (secondary N) is 2. The summed E-state index contributed by atoms with van der Waals surface area (Å²) in [5, 5.41) is 2.73. The van der Waals surface area contributed by atoms with Gasteiger partial charge in [0.05, 0.1) is 32.6 Å². The first-order valence-corrected chi connectivity index (χ1v) is 10.8. The van der Waals surface area contributed by atoms with E-state index in [1.54, 1.807) is 18.2 Å². The monoisotopic (exact) mass is 458 g/mol. The predicted molar refractivity (Wildman–Crippen MR) is 118 cm³/mol. The van der Waals surface area contributed by atoms with E-state index in [2.05, 4.69) is 20.0 Å². The Morgan fingerprint density at radius 3 is 2.16 bits per heavy atom. The molecule has 10 nitrogen and oxygen atoms in total. The van der Waals surface area contributed by atoms with Crippen LogP contribution in [0.3, 0.4) is 0 Å². The topological polar surface area (TPSA) is 129 Å². The first-order chi connectivity index (χ1) is 15.4. The number of rotatable bonds is 9. The van der Waals surface area contributed by atoms with Gasteiger partial charge in [-0.1, -0.05) is 6.07 Å². The molecule has 168 valence electrons. The van der Waals surface area contributed by atoms with Crippen LogP contribution in [0.5, 0.6) is 17.2 Å². The normalized spacial score (nSPS) is 10.8. The summed E-state index contributed by atoms with van der Waals surface area (Å²) in [5.74, 6) is 0.929. The molecule has 32 heavy (non-hydrogen) atoms. The maximum Gasteiger partial charge on any atom is 0.264 e. The number of nitrogens with zero attached hydrogens (tertiary/aromatic N) is 2. The second kappa shape index (κ2) is 9.96. The Morgan fingerprint density at radius 1 is 0.906 bits per heavy atom. The molecule has 0 aliphatic heterocycles. The molecule has 0 spiro atoms. The molecule has 11 heteroatoms. The summed E-state index contributed by atoms with van der Waals surface area (Å²) in [6, 6.07) is 10.7. The minimum atomic E-state index is -3.86. The van der Waals surface area contributed by atoms with Gasteiger partial charge in [0, 0.05) is 23.6 Å². The number of anilines is 2. The van der Waals surface area contributed by atoms with Crippen molar-refractivity contribution in [2.75, 3.05) is 31.4 Å². The molecular weight excluding hydrogens is 436 g/mol. The molecule has 0 atom stereocenters. The largest absolute Gasteiger partial charge is 0.493 e. The Bertz CT molecular complexity index is 1180. The van der Waals surface area contributed by atoms with Gasteiger partial charge in [0.1, 0.15) is 0 Å². The molecule has 1 aromatic heterocycles. The van der Waals surface area contributed by atoms with Crippen molar-refractivity contribution in [1.82, 2.24) is 9.97 Å². The summed E-state index contributed by atoms with van der Waals surface area (Å²) in [6.07, 6.45) is 2.87. The summed E-state index contributed by atoms with van der Waals surface area (Å²) < 4.78 is 43.1. The third kappa shape index (κ3) is 5.24. The number of hydrogen-bond acceptors (Lipinski definition) is 8. The van der Waals surface area contributed by atoms with E-state index in [4.69, 9.17) is 14.2 Å². The highest BCUT2D eigenvalue weighted by molar-refractivity contribution is 7.92. The van der Waals surface area contributed by atoms with Crippen LogP contribution in [0, 0.1) is 0 Å². The molecule has 1 heterocycles. The number of methoxy groups -OCH3 is 3. The predicted octanol–water partition coefficient (Wildman–Crippen LogP) is 2.48. The zero-order valence-corrected chi connectivity index (χ0v) is 18.5. The lowest BCUT2D eigenvalue weighted by Gasteiger charge is -2.15. The highest BCUT2D eigenvalue weighted by Gasteiger charge is 2.19. The van der Waals surface area contributed by atoms with Crippen molar-refractivity contribution in [3.63, 3.8) is 0 Å². The molecule has 0 saturated heterocycles. The molecule has 0 bridgehead atoms. The lowest BCUT2D eigenvalue weighted by Crippen LogP contribution is -2.16. The lowest BCUT2D eigenvalue weighted by atomic mass is 10.1. The van der Waals surface area contributed by atoms with Crippen LogP contribution in [0.15, 0.2) is 59.8 Å². The highest BCUT2D eigenvalue weighted by Crippen LogP contribution is 2.39. The molecule has 0 radical (unpaired) electrons. The average molecular weight is 458 g/mol. The molecule has 1 amide bonds. The second-order valence-electron chi connectivity index (χ2n) is 6.42. The van der Waals surface area contributed by atoms with E-state index in [-0.39, 0.29) is 23.2 Å². The minimum absolute atomic E-state index is 0.00418. The summed E-state index contributed by atoms with van der Waals surface area (Å²) in [6.45, 7) is 0. The molecule has 2 N–H and O–H groups in total. The van der Waals surface area contributed by atoms with E-state index >= 15 is 0 Å². The molecule has 3 rings (SSSR count). The Balaban J connectivity index is 1.70. The SMILES string of the molecule is COc1ccc(CC(=O)Nc2ccc(S(=O)(=O)Nc3ncccn3)cc2)c(OC)c1OC. The molecule has 0 saturated carbocycles. The Kier molecular flexibility index (Phi) is 7.11. The fraction of sp³-hybridized carbons (Fsp3) is 0.190. The third-order valence-corrected chi connectivity index (χ3v) is 5.72. The summed E-state index contributed by atoms with van der Waals surface area (Å²) in [7, 11) is 0.613. The fourth-order valence-corrected chi connectivity index (χ4v) is 3.89. The van der Waals surface area contributed by atoms with E-state index in [1.807, 2.05) is 0 Å². The Morgan fingerprint density at radius 2 is 1.56 bits per heavy atom. The molecular formula is C21H22N4O6S. The maximum atomic E-state index is 12.5. The van der Waals surface area contributed by atoms with Gasteiger partial charge in [-0.05, 0) is 36.4 Å². The number of benzene rings is 2. The number of ether oxygens (including phenoxy) is 3. The molecule has 0 aliphatic carbocycles. The third-order valence-electron chi connectivity index (χ3n) is 4.38. The zero-order chi connectivity index (χ0) is 23.1. The first kappa shape index (κ1) is 22.8. The van der Waals surface area contributed by atoms with Crippen molar-refractivity contribution < 1.29 is 27.4 Å². The van der Waals surface area contributed by atoms with Gasteiger partial charge < -0.3 is 19.5 Å². The molecule has 0 fully saturated rings. The maximum absolute atomic E-state index is 12.5. The van der Waals surface area contributed by atoms with Crippen LogP contribution in [0.25, 0.3) is 0 Å². The van der Waals surface area contributed by atoms with E-state index in [9.17, 15) is 13.2 Å². The van der Waals surface area contributed by atoms with Gasteiger partial charge in [0.2, 0.25) is 17.6 Å². The Labute approximate surface area is 185 Å². The zero-order valence-electron chi connectivity index (χ0n) is 17.7. The van der Waals surface area contributed by atoms with Crippen molar-refractivity contribution in [2.45, 2.75) is 11.3 Å². The Hall–Kier alpha value is -3.86. The van der Waals surface area contributed by atoms with E-state index in [0.717, 1.165) is 0 Å². The van der Waals surface area contributed by atoms with E-state index in [1.165, 1.54) is 58.0 Å². The van der Waals surface area contributed by atoms with Gasteiger partial charge in [-0.3, -0.25) is 4.79 Å². The van der Waals surface area contributed by atoms with Crippen LogP contribution in [-0.2, 0) is 21.2 Å². The summed E-state index contributed by atoms with van der Waals surface area (Å²) in [4.78, 5) is 20.2. The van der Waals surface area contributed by atoms with Crippen molar-refractivity contribution in [3.8, 4) is 17.2 Å². The van der Waals surface area contributed by atoms with Gasteiger partial charge in [-0.2, -0.15) is 0 Å². The van der Waals surface area contributed by atoms with E-state index in [0.29, 0.717) is 28.5 Å². The lowest BCUT2D eigenvalue weighted by molar-refractivity contribution is -0.115. The number of carbonyl (C=O) groups is 1. The first-order valence-electron chi connectivity index (χ1n) is 9.35. The molecule has 3 aromatic rings. The summed E-state index contributed by atoms with van der Waals surface area (Å²) in [5.41, 5.74) is 1.04. The van der Waals surface area contributed by atoms with Crippen LogP contribution < -0.4 is 24.2 Å². The minimum Gasteiger partial charge on any atom is -0.493 e. The van der Waals surface area contributed by atoms with Crippen LogP contribution in [0.2, 0.25) is 0 Å². The van der Waals surface area contributed by atoms with Gasteiger partial charge in [-0.15, -0.1) is 0 Å². The van der Waals surface area contributed by atoms with Gasteiger partial charge in [0.25, 0.3) is 10.0 Å².